The first-order chi connectivity index (χ1) is 8.00. The highest BCUT2D eigenvalue weighted by Crippen LogP contribution is 2.29. The van der Waals surface area contributed by atoms with Crippen molar-refractivity contribution in [2.45, 2.75) is 19.8 Å². The van der Waals surface area contributed by atoms with E-state index in [1.807, 2.05) is 13.1 Å². The second-order valence-electron chi connectivity index (χ2n) is 4.13. The number of rotatable bonds is 2. The van der Waals surface area contributed by atoms with E-state index in [9.17, 15) is 0 Å². The molecule has 0 saturated heterocycles. The summed E-state index contributed by atoms with van der Waals surface area (Å²) in [5.74, 6) is 1.34. The lowest BCUT2D eigenvalue weighted by molar-refractivity contribution is 0.762. The highest BCUT2D eigenvalue weighted by Gasteiger charge is 2.15. The van der Waals surface area contributed by atoms with Gasteiger partial charge >= 0.3 is 0 Å². The molecule has 2 aromatic rings. The standard InChI is InChI=1S/C11H14BrN5/c1-6(2)9-8(12)10(13)16-11(15-9)7-4-5-14-17(7)3/h4-6H,1-3H3,(H2,13,15,16). The molecule has 0 amide bonds. The monoisotopic (exact) mass is 295 g/mol. The van der Waals surface area contributed by atoms with Gasteiger partial charge in [0.25, 0.3) is 0 Å². The lowest BCUT2D eigenvalue weighted by atomic mass is 10.1. The van der Waals surface area contributed by atoms with Gasteiger partial charge < -0.3 is 5.73 Å². The lowest BCUT2D eigenvalue weighted by Crippen LogP contribution is -2.06. The van der Waals surface area contributed by atoms with Gasteiger partial charge in [0, 0.05) is 13.2 Å². The summed E-state index contributed by atoms with van der Waals surface area (Å²) < 4.78 is 2.51. The van der Waals surface area contributed by atoms with E-state index in [0.717, 1.165) is 15.9 Å². The maximum Gasteiger partial charge on any atom is 0.180 e. The molecule has 0 aromatic carbocycles. The molecule has 0 saturated carbocycles. The van der Waals surface area contributed by atoms with Crippen LogP contribution in [-0.4, -0.2) is 19.7 Å². The van der Waals surface area contributed by atoms with Crippen LogP contribution in [0, 0.1) is 0 Å². The largest absolute Gasteiger partial charge is 0.383 e. The third-order valence-electron chi connectivity index (χ3n) is 2.50. The summed E-state index contributed by atoms with van der Waals surface area (Å²) in [6, 6.07) is 1.87. The first-order valence-electron chi connectivity index (χ1n) is 5.32. The van der Waals surface area contributed by atoms with E-state index in [-0.39, 0.29) is 5.92 Å². The molecule has 0 fully saturated rings. The van der Waals surface area contributed by atoms with Crippen LogP contribution >= 0.6 is 15.9 Å². The second-order valence-corrected chi connectivity index (χ2v) is 4.92. The quantitative estimate of drug-likeness (QED) is 0.923. The van der Waals surface area contributed by atoms with Crippen LogP contribution in [0.15, 0.2) is 16.7 Å². The fourth-order valence-corrected chi connectivity index (χ4v) is 2.21. The molecule has 0 radical (unpaired) electrons. The minimum absolute atomic E-state index is 0.279. The van der Waals surface area contributed by atoms with Crippen LogP contribution in [0.25, 0.3) is 11.5 Å². The van der Waals surface area contributed by atoms with E-state index in [1.54, 1.807) is 10.9 Å². The smallest absolute Gasteiger partial charge is 0.180 e. The molecular formula is C11H14BrN5. The zero-order valence-corrected chi connectivity index (χ0v) is 11.6. The Hall–Kier alpha value is -1.43. The third kappa shape index (κ3) is 2.17. The van der Waals surface area contributed by atoms with Gasteiger partial charge in [-0.05, 0) is 27.9 Å². The average Bonchev–Trinajstić information content (AvgIpc) is 2.68. The van der Waals surface area contributed by atoms with E-state index in [2.05, 4.69) is 44.8 Å². The van der Waals surface area contributed by atoms with Gasteiger partial charge in [0.1, 0.15) is 11.5 Å². The Bertz CT molecular complexity index is 547. The van der Waals surface area contributed by atoms with Gasteiger partial charge in [-0.2, -0.15) is 5.10 Å². The van der Waals surface area contributed by atoms with Crippen molar-refractivity contribution in [3.8, 4) is 11.5 Å². The maximum absolute atomic E-state index is 5.89. The van der Waals surface area contributed by atoms with Crippen LogP contribution in [-0.2, 0) is 7.05 Å². The number of nitrogens with zero attached hydrogens (tertiary/aromatic N) is 4. The molecule has 0 bridgehead atoms. The first kappa shape index (κ1) is 12.0. The van der Waals surface area contributed by atoms with Crippen molar-refractivity contribution in [1.29, 1.82) is 0 Å². The molecule has 5 nitrogen and oxygen atoms in total. The van der Waals surface area contributed by atoms with Gasteiger partial charge in [0.2, 0.25) is 0 Å². The Morgan fingerprint density at radius 2 is 2.06 bits per heavy atom. The van der Waals surface area contributed by atoms with Crippen molar-refractivity contribution in [1.82, 2.24) is 19.7 Å². The number of aryl methyl sites for hydroxylation is 1. The van der Waals surface area contributed by atoms with Gasteiger partial charge in [0.15, 0.2) is 5.82 Å². The first-order valence-corrected chi connectivity index (χ1v) is 6.11. The molecule has 17 heavy (non-hydrogen) atoms. The van der Waals surface area contributed by atoms with Crippen molar-refractivity contribution in [3.63, 3.8) is 0 Å². The predicted molar refractivity (Wildman–Crippen MR) is 70.4 cm³/mol. The number of hydrogen-bond acceptors (Lipinski definition) is 4. The number of aromatic nitrogens is 4. The predicted octanol–water partition coefficient (Wildman–Crippen LogP) is 2.35. The van der Waals surface area contributed by atoms with Crippen molar-refractivity contribution < 1.29 is 0 Å². The molecule has 0 aliphatic rings. The molecule has 2 aromatic heterocycles. The van der Waals surface area contributed by atoms with Gasteiger partial charge in [-0.25, -0.2) is 9.97 Å². The fraction of sp³-hybridized carbons (Fsp3) is 0.364. The van der Waals surface area contributed by atoms with Crippen LogP contribution in [0.2, 0.25) is 0 Å². The molecule has 0 atom stereocenters. The summed E-state index contributed by atoms with van der Waals surface area (Å²) in [5, 5.41) is 4.10. The summed E-state index contributed by atoms with van der Waals surface area (Å²) in [6.45, 7) is 4.14. The fourth-order valence-electron chi connectivity index (χ4n) is 1.57. The van der Waals surface area contributed by atoms with Crippen molar-refractivity contribution in [2.24, 2.45) is 7.05 Å². The van der Waals surface area contributed by atoms with Crippen molar-refractivity contribution in [3.05, 3.63) is 22.4 Å². The van der Waals surface area contributed by atoms with Gasteiger partial charge in [-0.15, -0.1) is 0 Å². The zero-order chi connectivity index (χ0) is 12.6. The van der Waals surface area contributed by atoms with E-state index >= 15 is 0 Å². The lowest BCUT2D eigenvalue weighted by Gasteiger charge is -2.11. The Balaban J connectivity index is 2.61. The van der Waals surface area contributed by atoms with Crippen LogP contribution < -0.4 is 5.73 Å². The number of halogens is 1. The third-order valence-corrected chi connectivity index (χ3v) is 3.31. The number of nitrogen functional groups attached to an aromatic ring is 1. The van der Waals surface area contributed by atoms with Crippen LogP contribution in [0.1, 0.15) is 25.5 Å². The molecule has 0 aliphatic heterocycles. The Morgan fingerprint density at radius 3 is 2.59 bits per heavy atom. The van der Waals surface area contributed by atoms with Crippen LogP contribution in [0.5, 0.6) is 0 Å². The van der Waals surface area contributed by atoms with Gasteiger partial charge in [-0.3, -0.25) is 4.68 Å². The Kier molecular flexibility index (Phi) is 3.15. The minimum atomic E-state index is 0.279. The van der Waals surface area contributed by atoms with E-state index in [1.165, 1.54) is 0 Å². The summed E-state index contributed by atoms with van der Waals surface area (Å²) >= 11 is 3.42. The molecule has 0 aliphatic carbocycles. The second kappa shape index (κ2) is 4.44. The topological polar surface area (TPSA) is 69.6 Å². The molecule has 2 heterocycles. The number of anilines is 1. The van der Waals surface area contributed by atoms with Crippen molar-refractivity contribution in [2.75, 3.05) is 5.73 Å². The summed E-state index contributed by atoms with van der Waals surface area (Å²) in [6.07, 6.45) is 1.71. The maximum atomic E-state index is 5.89. The molecule has 2 N–H and O–H groups in total. The van der Waals surface area contributed by atoms with Gasteiger partial charge in [-0.1, -0.05) is 13.8 Å². The molecule has 90 valence electrons. The Morgan fingerprint density at radius 1 is 1.35 bits per heavy atom. The minimum Gasteiger partial charge on any atom is -0.383 e. The number of hydrogen-bond donors (Lipinski definition) is 1. The normalized spacial score (nSPS) is 11.1. The summed E-state index contributed by atoms with van der Waals surface area (Å²) in [7, 11) is 1.85. The molecular weight excluding hydrogens is 282 g/mol. The van der Waals surface area contributed by atoms with E-state index in [0.29, 0.717) is 11.6 Å². The molecule has 0 spiro atoms. The molecule has 2 rings (SSSR count). The highest BCUT2D eigenvalue weighted by atomic mass is 79.9. The SMILES string of the molecule is CC(C)c1nc(-c2ccnn2C)nc(N)c1Br. The summed E-state index contributed by atoms with van der Waals surface area (Å²) in [5.41, 5.74) is 7.65. The van der Waals surface area contributed by atoms with Crippen molar-refractivity contribution >= 4 is 21.7 Å². The van der Waals surface area contributed by atoms with Crippen LogP contribution in [0.4, 0.5) is 5.82 Å². The number of nitrogens with two attached hydrogens (primary N) is 1. The van der Waals surface area contributed by atoms with E-state index < -0.39 is 0 Å². The van der Waals surface area contributed by atoms with Gasteiger partial charge in [0.05, 0.1) is 10.2 Å². The molecule has 6 heteroatoms. The molecule has 0 unspecified atom stereocenters. The Labute approximate surface area is 108 Å². The van der Waals surface area contributed by atoms with E-state index in [4.69, 9.17) is 5.73 Å². The summed E-state index contributed by atoms with van der Waals surface area (Å²) in [4.78, 5) is 8.82. The highest BCUT2D eigenvalue weighted by molar-refractivity contribution is 9.10. The average molecular weight is 296 g/mol. The van der Waals surface area contributed by atoms with Crippen LogP contribution in [0.3, 0.4) is 0 Å². The zero-order valence-electron chi connectivity index (χ0n) is 9.98.